The number of carbonyl (C=O) groups excluding carboxylic acids is 3. The minimum atomic E-state index is -1.12. The second kappa shape index (κ2) is 17.6. The van der Waals surface area contributed by atoms with Gasteiger partial charge in [-0.3, -0.25) is 24.1 Å². The Bertz CT molecular complexity index is 1500. The van der Waals surface area contributed by atoms with E-state index in [0.29, 0.717) is 50.6 Å². The number of anilines is 1. The van der Waals surface area contributed by atoms with Gasteiger partial charge in [-0.2, -0.15) is 0 Å². The number of ether oxygens (including phenoxy) is 1. The van der Waals surface area contributed by atoms with Crippen molar-refractivity contribution >= 4 is 29.4 Å². The summed E-state index contributed by atoms with van der Waals surface area (Å²) >= 11 is 0. The van der Waals surface area contributed by atoms with Gasteiger partial charge >= 0.3 is 11.9 Å². The number of nitrogens with zero attached hydrogens (tertiary/aromatic N) is 1. The summed E-state index contributed by atoms with van der Waals surface area (Å²) in [6.45, 7) is 3.56. The summed E-state index contributed by atoms with van der Waals surface area (Å²) < 4.78 is 5.41. The molecule has 48 heavy (non-hydrogen) atoms. The van der Waals surface area contributed by atoms with Gasteiger partial charge in [0.25, 0.3) is 0 Å². The van der Waals surface area contributed by atoms with E-state index in [1.807, 2.05) is 79.7 Å². The average Bonchev–Trinajstić information content (AvgIpc) is 3.54. The van der Waals surface area contributed by atoms with Crippen molar-refractivity contribution in [2.45, 2.75) is 83.7 Å². The number of carbonyl (C=O) groups is 4. The van der Waals surface area contributed by atoms with Crippen LogP contribution in [0.4, 0.5) is 5.69 Å². The molecule has 0 saturated heterocycles. The molecular formula is C39H49N3O6. The molecule has 256 valence electrons. The van der Waals surface area contributed by atoms with Gasteiger partial charge in [-0.1, -0.05) is 91.7 Å². The van der Waals surface area contributed by atoms with Crippen molar-refractivity contribution in [1.82, 2.24) is 5.32 Å². The Morgan fingerprint density at radius 2 is 1.60 bits per heavy atom. The maximum atomic E-state index is 13.9. The molecule has 0 spiro atoms. The van der Waals surface area contributed by atoms with E-state index in [1.165, 1.54) is 10.5 Å². The molecule has 0 unspecified atom stereocenters. The molecule has 3 atom stereocenters. The van der Waals surface area contributed by atoms with Gasteiger partial charge in [0.1, 0.15) is 12.6 Å². The van der Waals surface area contributed by atoms with Gasteiger partial charge in [0.15, 0.2) is 0 Å². The van der Waals surface area contributed by atoms with Crippen molar-refractivity contribution in [2.75, 3.05) is 18.1 Å². The van der Waals surface area contributed by atoms with Crippen molar-refractivity contribution in [3.63, 3.8) is 0 Å². The number of fused-ring (bicyclic) bond motifs is 1. The first kappa shape index (κ1) is 36.3. The zero-order valence-electron chi connectivity index (χ0n) is 28.1. The molecule has 9 heteroatoms. The summed E-state index contributed by atoms with van der Waals surface area (Å²) in [5.41, 5.74) is 8.60. The number of nitrogens with two attached hydrogens (primary N) is 1. The van der Waals surface area contributed by atoms with Gasteiger partial charge in [0.2, 0.25) is 11.8 Å². The van der Waals surface area contributed by atoms with Crippen LogP contribution in [0.5, 0.6) is 0 Å². The highest BCUT2D eigenvalue weighted by Gasteiger charge is 2.46. The first-order chi connectivity index (χ1) is 23.1. The number of aryl methyl sites for hydroxylation is 2. The highest BCUT2D eigenvalue weighted by atomic mass is 16.5. The normalized spacial score (nSPS) is 17.9. The van der Waals surface area contributed by atoms with Crippen molar-refractivity contribution in [3.05, 3.63) is 102 Å². The minimum absolute atomic E-state index is 0.159. The predicted octanol–water partition coefficient (Wildman–Crippen LogP) is 6.00. The van der Waals surface area contributed by atoms with Crippen LogP contribution in [0.15, 0.2) is 84.9 Å². The molecule has 1 fully saturated rings. The Morgan fingerprint density at radius 3 is 2.21 bits per heavy atom. The number of para-hydroxylation sites is 1. The number of nitrogens with one attached hydrogen (secondary N) is 1. The smallest absolute Gasteiger partial charge is 0.323 e. The van der Waals surface area contributed by atoms with Crippen LogP contribution in [-0.4, -0.2) is 48.1 Å². The van der Waals surface area contributed by atoms with Gasteiger partial charge in [0, 0.05) is 11.7 Å². The fraction of sp³-hybridized carbons (Fsp3) is 0.436. The number of aliphatic carboxylic acids is 1. The molecule has 1 saturated carbocycles. The number of hydrogen-bond acceptors (Lipinski definition) is 6. The lowest BCUT2D eigenvalue weighted by atomic mass is 9.75. The lowest BCUT2D eigenvalue weighted by Gasteiger charge is -2.33. The van der Waals surface area contributed by atoms with Crippen LogP contribution in [0.1, 0.15) is 81.5 Å². The van der Waals surface area contributed by atoms with Gasteiger partial charge < -0.3 is 20.9 Å². The summed E-state index contributed by atoms with van der Waals surface area (Å²) in [6.07, 6.45) is 5.58. The average molecular weight is 656 g/mol. The molecule has 0 radical (unpaired) electrons. The first-order valence-corrected chi connectivity index (χ1v) is 17.1. The van der Waals surface area contributed by atoms with Gasteiger partial charge in [-0.25, -0.2) is 0 Å². The summed E-state index contributed by atoms with van der Waals surface area (Å²) in [6, 6.07) is 26.6. The van der Waals surface area contributed by atoms with Gasteiger partial charge in [0.05, 0.1) is 17.9 Å². The van der Waals surface area contributed by atoms with Crippen LogP contribution in [0.25, 0.3) is 0 Å². The van der Waals surface area contributed by atoms with E-state index in [0.717, 1.165) is 24.0 Å². The number of benzene rings is 3. The summed E-state index contributed by atoms with van der Waals surface area (Å²) in [5.74, 6) is -2.50. The Hall–Kier alpha value is -4.50. The molecule has 9 nitrogen and oxygen atoms in total. The third kappa shape index (κ3) is 9.76. The Balaban J connectivity index is 0.000000500. The maximum absolute atomic E-state index is 13.9. The molecule has 2 amide bonds. The zero-order valence-corrected chi connectivity index (χ0v) is 28.1. The zero-order chi connectivity index (χ0) is 34.5. The Labute approximate surface area is 283 Å². The van der Waals surface area contributed by atoms with E-state index in [9.17, 15) is 24.3 Å². The third-order valence-electron chi connectivity index (χ3n) is 9.40. The molecular weight excluding hydrogens is 606 g/mol. The minimum Gasteiger partial charge on any atom is -0.480 e. The predicted molar refractivity (Wildman–Crippen MR) is 186 cm³/mol. The van der Waals surface area contributed by atoms with Gasteiger partial charge in [-0.05, 0) is 81.5 Å². The maximum Gasteiger partial charge on any atom is 0.323 e. The third-order valence-corrected chi connectivity index (χ3v) is 9.40. The fourth-order valence-corrected chi connectivity index (χ4v) is 6.81. The quantitative estimate of drug-likeness (QED) is 0.203. The van der Waals surface area contributed by atoms with Crippen LogP contribution in [-0.2, 0) is 36.8 Å². The van der Waals surface area contributed by atoms with Crippen LogP contribution in [0.2, 0.25) is 0 Å². The van der Waals surface area contributed by atoms with E-state index in [1.54, 1.807) is 19.1 Å². The molecule has 2 aliphatic rings. The number of carboxylic acids is 1. The first-order valence-electron chi connectivity index (χ1n) is 17.1. The molecule has 1 heterocycles. The molecule has 0 aromatic heterocycles. The summed E-state index contributed by atoms with van der Waals surface area (Å²) in [4.78, 5) is 53.4. The van der Waals surface area contributed by atoms with E-state index in [2.05, 4.69) is 5.32 Å². The summed E-state index contributed by atoms with van der Waals surface area (Å²) in [5, 5.41) is 12.5. The molecule has 1 aliphatic carbocycles. The van der Waals surface area contributed by atoms with Crippen LogP contribution in [0, 0.1) is 11.3 Å². The number of amides is 2. The molecule has 0 bridgehead atoms. The standard InChI is InChI=1S/C31H38N2O6.C8H11N/c1-2-39-29(37)24(15-14-22-10-4-3-5-11-22)20-31(18-8-9-19-31)30(38)32-25-17-16-23-12-6-7-13-26(23)33(28(25)36)21-27(34)35;1-7(9)8-5-3-2-4-6-8/h3-7,10-13,24-25H,2,8-9,14-21H2,1H3,(H,32,38)(H,34,35);2-7H,9H2,1H3/t24-,25+;7-/m10/s1. The molecule has 3 aromatic rings. The molecule has 4 N–H and O–H groups in total. The second-order valence-electron chi connectivity index (χ2n) is 12.9. The summed E-state index contributed by atoms with van der Waals surface area (Å²) in [7, 11) is 0. The lowest BCUT2D eigenvalue weighted by Crippen LogP contribution is -2.53. The van der Waals surface area contributed by atoms with Crippen molar-refractivity contribution in [1.29, 1.82) is 0 Å². The number of rotatable bonds is 12. The lowest BCUT2D eigenvalue weighted by molar-refractivity contribution is -0.150. The Morgan fingerprint density at radius 1 is 0.979 bits per heavy atom. The number of carboxylic acid groups (broad SMARTS) is 1. The second-order valence-corrected chi connectivity index (χ2v) is 12.9. The van der Waals surface area contributed by atoms with Crippen molar-refractivity contribution in [2.24, 2.45) is 17.1 Å². The highest BCUT2D eigenvalue weighted by Crippen LogP contribution is 2.45. The largest absolute Gasteiger partial charge is 0.480 e. The number of hydrogen-bond donors (Lipinski definition) is 3. The molecule has 5 rings (SSSR count). The van der Waals surface area contributed by atoms with Crippen molar-refractivity contribution < 1.29 is 29.0 Å². The van der Waals surface area contributed by atoms with Crippen LogP contribution >= 0.6 is 0 Å². The van der Waals surface area contributed by atoms with Crippen LogP contribution in [0.3, 0.4) is 0 Å². The topological polar surface area (TPSA) is 139 Å². The monoisotopic (exact) mass is 655 g/mol. The Kier molecular flexibility index (Phi) is 13.3. The van der Waals surface area contributed by atoms with Gasteiger partial charge in [-0.15, -0.1) is 0 Å². The fourth-order valence-electron chi connectivity index (χ4n) is 6.81. The van der Waals surface area contributed by atoms with E-state index in [4.69, 9.17) is 10.5 Å². The molecule has 1 aliphatic heterocycles. The SMILES string of the molecule is CCOC(=O)[C@H](CCc1ccccc1)CC1(C(=O)N[C@H]2CCc3ccccc3N(CC(=O)O)C2=O)CCCC1.C[C@H](N)c1ccccc1. The highest BCUT2D eigenvalue weighted by molar-refractivity contribution is 6.03. The van der Waals surface area contributed by atoms with E-state index >= 15 is 0 Å². The molecule has 3 aromatic carbocycles. The van der Waals surface area contributed by atoms with E-state index in [-0.39, 0.29) is 24.5 Å². The van der Waals surface area contributed by atoms with E-state index < -0.39 is 35.8 Å². The van der Waals surface area contributed by atoms with Crippen LogP contribution < -0.4 is 16.0 Å². The van der Waals surface area contributed by atoms with Crippen molar-refractivity contribution in [3.8, 4) is 0 Å². The number of esters is 1.